The van der Waals surface area contributed by atoms with Crippen molar-refractivity contribution in [1.82, 2.24) is 0 Å². The van der Waals surface area contributed by atoms with Gasteiger partial charge in [-0.05, 0) is 24.7 Å². The lowest BCUT2D eigenvalue weighted by atomic mass is 9.78. The highest BCUT2D eigenvalue weighted by Crippen LogP contribution is 2.36. The average molecular weight is 186 g/mol. The quantitative estimate of drug-likeness (QED) is 0.660. The van der Waals surface area contributed by atoms with Crippen molar-refractivity contribution in [3.8, 4) is 0 Å². The summed E-state index contributed by atoms with van der Waals surface area (Å²) in [6.45, 7) is 8.50. The van der Waals surface area contributed by atoms with Gasteiger partial charge in [0.05, 0.1) is 5.60 Å². The Balaban J connectivity index is 2.57. The largest absolute Gasteiger partial charge is 0.381 e. The second kappa shape index (κ2) is 3.97. The molecular formula is C11H22O2. The van der Waals surface area contributed by atoms with Crippen molar-refractivity contribution in [3.63, 3.8) is 0 Å². The summed E-state index contributed by atoms with van der Waals surface area (Å²) in [5, 5.41) is 0. The molecular weight excluding hydrogens is 164 g/mol. The molecule has 78 valence electrons. The van der Waals surface area contributed by atoms with Crippen LogP contribution in [0.25, 0.3) is 0 Å². The van der Waals surface area contributed by atoms with Crippen LogP contribution >= 0.6 is 0 Å². The second-order valence-corrected chi connectivity index (χ2v) is 5.24. The fourth-order valence-corrected chi connectivity index (χ4v) is 2.16. The van der Waals surface area contributed by atoms with Gasteiger partial charge in [0, 0.05) is 20.3 Å². The Hall–Kier alpha value is -0.0800. The van der Waals surface area contributed by atoms with Crippen LogP contribution in [0.3, 0.4) is 0 Å². The van der Waals surface area contributed by atoms with Gasteiger partial charge in [-0.2, -0.15) is 0 Å². The highest BCUT2D eigenvalue weighted by molar-refractivity contribution is 4.87. The maximum absolute atomic E-state index is 5.67. The molecule has 1 saturated heterocycles. The lowest BCUT2D eigenvalue weighted by Crippen LogP contribution is -2.41. The molecule has 13 heavy (non-hydrogen) atoms. The minimum absolute atomic E-state index is 0.0799. The van der Waals surface area contributed by atoms with E-state index in [1.807, 2.05) is 7.11 Å². The third kappa shape index (κ3) is 3.28. The molecule has 0 radical (unpaired) electrons. The summed E-state index contributed by atoms with van der Waals surface area (Å²) < 4.78 is 11.0. The van der Waals surface area contributed by atoms with Gasteiger partial charge in [0.1, 0.15) is 0 Å². The Morgan fingerprint density at radius 1 is 1.23 bits per heavy atom. The van der Waals surface area contributed by atoms with Crippen LogP contribution in [0.15, 0.2) is 0 Å². The van der Waals surface area contributed by atoms with Crippen molar-refractivity contribution in [2.75, 3.05) is 20.3 Å². The summed E-state index contributed by atoms with van der Waals surface area (Å²) >= 11 is 0. The number of hydrogen-bond acceptors (Lipinski definition) is 2. The van der Waals surface area contributed by atoms with E-state index in [4.69, 9.17) is 9.47 Å². The van der Waals surface area contributed by atoms with E-state index in [0.717, 1.165) is 32.5 Å². The molecule has 0 atom stereocenters. The zero-order chi connectivity index (χ0) is 9.95. The van der Waals surface area contributed by atoms with Gasteiger partial charge in [-0.3, -0.25) is 0 Å². The first-order valence-electron chi connectivity index (χ1n) is 5.10. The lowest BCUT2D eigenvalue weighted by Gasteiger charge is -2.40. The van der Waals surface area contributed by atoms with E-state index in [0.29, 0.717) is 5.41 Å². The van der Waals surface area contributed by atoms with Crippen LogP contribution < -0.4 is 0 Å². The molecule has 0 aromatic heterocycles. The highest BCUT2D eigenvalue weighted by Gasteiger charge is 2.36. The molecule has 0 aromatic rings. The number of methoxy groups -OCH3 is 1. The summed E-state index contributed by atoms with van der Waals surface area (Å²) in [5.41, 5.74) is 0.420. The van der Waals surface area contributed by atoms with Crippen LogP contribution in [0.1, 0.15) is 40.0 Å². The average Bonchev–Trinajstić information content (AvgIpc) is 2.03. The summed E-state index contributed by atoms with van der Waals surface area (Å²) in [7, 11) is 1.83. The topological polar surface area (TPSA) is 18.5 Å². The van der Waals surface area contributed by atoms with E-state index in [1.54, 1.807) is 0 Å². The minimum atomic E-state index is 0.0799. The molecule has 0 N–H and O–H groups in total. The van der Waals surface area contributed by atoms with E-state index in [1.165, 1.54) is 0 Å². The first-order valence-corrected chi connectivity index (χ1v) is 5.10. The van der Waals surface area contributed by atoms with Gasteiger partial charge < -0.3 is 9.47 Å². The molecule has 1 aliphatic rings. The maximum atomic E-state index is 5.67. The number of hydrogen-bond donors (Lipinski definition) is 0. The first-order chi connectivity index (χ1) is 5.97. The van der Waals surface area contributed by atoms with Gasteiger partial charge in [0.2, 0.25) is 0 Å². The van der Waals surface area contributed by atoms with Gasteiger partial charge in [-0.25, -0.2) is 0 Å². The third-order valence-corrected chi connectivity index (χ3v) is 2.69. The normalized spacial score (nSPS) is 23.1. The van der Waals surface area contributed by atoms with Crippen molar-refractivity contribution in [2.24, 2.45) is 5.41 Å². The van der Waals surface area contributed by atoms with E-state index in [-0.39, 0.29) is 5.60 Å². The molecule has 1 aliphatic heterocycles. The van der Waals surface area contributed by atoms with Gasteiger partial charge in [0.25, 0.3) is 0 Å². The molecule has 2 heteroatoms. The molecule has 1 heterocycles. The fraction of sp³-hybridized carbons (Fsp3) is 1.00. The first kappa shape index (κ1) is 11.0. The molecule has 0 saturated carbocycles. The van der Waals surface area contributed by atoms with Crippen molar-refractivity contribution in [3.05, 3.63) is 0 Å². The van der Waals surface area contributed by atoms with Crippen molar-refractivity contribution in [1.29, 1.82) is 0 Å². The predicted molar refractivity (Wildman–Crippen MR) is 53.9 cm³/mol. The third-order valence-electron chi connectivity index (χ3n) is 2.69. The SMILES string of the molecule is COC1(CC(C)(C)C)CCOCC1. The Labute approximate surface area is 81.6 Å². The summed E-state index contributed by atoms with van der Waals surface area (Å²) in [4.78, 5) is 0. The van der Waals surface area contributed by atoms with Crippen LogP contribution in [0.5, 0.6) is 0 Å². The van der Waals surface area contributed by atoms with Crippen LogP contribution in [-0.2, 0) is 9.47 Å². The van der Waals surface area contributed by atoms with Gasteiger partial charge in [-0.15, -0.1) is 0 Å². The minimum Gasteiger partial charge on any atom is -0.381 e. The Bertz CT molecular complexity index is 152. The molecule has 0 aliphatic carbocycles. The summed E-state index contributed by atoms with van der Waals surface area (Å²) in [6.07, 6.45) is 3.21. The van der Waals surface area contributed by atoms with Crippen LogP contribution in [0.4, 0.5) is 0 Å². The standard InChI is InChI=1S/C11H22O2/c1-10(2,3)9-11(12-4)5-7-13-8-6-11/h5-9H2,1-4H3. The highest BCUT2D eigenvalue weighted by atomic mass is 16.5. The zero-order valence-electron chi connectivity index (χ0n) is 9.35. The number of ether oxygens (including phenoxy) is 2. The fourth-order valence-electron chi connectivity index (χ4n) is 2.16. The van der Waals surface area contributed by atoms with Gasteiger partial charge >= 0.3 is 0 Å². The second-order valence-electron chi connectivity index (χ2n) is 5.24. The maximum Gasteiger partial charge on any atom is 0.0727 e. The van der Waals surface area contributed by atoms with Crippen molar-refractivity contribution in [2.45, 2.75) is 45.6 Å². The van der Waals surface area contributed by atoms with Crippen molar-refractivity contribution < 1.29 is 9.47 Å². The van der Waals surface area contributed by atoms with Crippen molar-refractivity contribution >= 4 is 0 Å². The summed E-state index contributed by atoms with van der Waals surface area (Å²) in [5.74, 6) is 0. The molecule has 0 aromatic carbocycles. The lowest BCUT2D eigenvalue weighted by molar-refractivity contribution is -0.108. The predicted octanol–water partition coefficient (Wildman–Crippen LogP) is 2.62. The van der Waals surface area contributed by atoms with Gasteiger partial charge in [0.15, 0.2) is 0 Å². The molecule has 1 fully saturated rings. The monoisotopic (exact) mass is 186 g/mol. The molecule has 2 nitrogen and oxygen atoms in total. The number of rotatable bonds is 2. The van der Waals surface area contributed by atoms with E-state index in [9.17, 15) is 0 Å². The van der Waals surface area contributed by atoms with Gasteiger partial charge in [-0.1, -0.05) is 20.8 Å². The van der Waals surface area contributed by atoms with Crippen LogP contribution in [0.2, 0.25) is 0 Å². The smallest absolute Gasteiger partial charge is 0.0727 e. The van der Waals surface area contributed by atoms with E-state index < -0.39 is 0 Å². The van der Waals surface area contributed by atoms with E-state index in [2.05, 4.69) is 20.8 Å². The molecule has 0 spiro atoms. The Morgan fingerprint density at radius 3 is 2.15 bits per heavy atom. The van der Waals surface area contributed by atoms with Crippen LogP contribution in [-0.4, -0.2) is 25.9 Å². The van der Waals surface area contributed by atoms with E-state index >= 15 is 0 Å². The van der Waals surface area contributed by atoms with Crippen LogP contribution in [0, 0.1) is 5.41 Å². The molecule has 1 rings (SSSR count). The Morgan fingerprint density at radius 2 is 1.77 bits per heavy atom. The molecule has 0 unspecified atom stereocenters. The summed E-state index contributed by atoms with van der Waals surface area (Å²) in [6, 6.07) is 0. The molecule has 0 bridgehead atoms. The molecule has 0 amide bonds. The Kier molecular flexibility index (Phi) is 3.36. The zero-order valence-corrected chi connectivity index (χ0v) is 9.35.